The lowest BCUT2D eigenvalue weighted by molar-refractivity contribution is 0.0697. The van der Waals surface area contributed by atoms with E-state index in [2.05, 4.69) is 30.6 Å². The molecule has 0 radical (unpaired) electrons. The number of carboxylic acids is 1. The smallest absolute Gasteiger partial charge is 0.336 e. The van der Waals surface area contributed by atoms with Crippen molar-refractivity contribution >= 4 is 16.9 Å². The molecule has 0 bridgehead atoms. The summed E-state index contributed by atoms with van der Waals surface area (Å²) in [5.41, 5.74) is 4.64. The van der Waals surface area contributed by atoms with Crippen molar-refractivity contribution in [1.29, 1.82) is 0 Å². The molecule has 0 unspecified atom stereocenters. The number of nitrogens with zero attached hydrogens (tertiary/aromatic N) is 1. The lowest BCUT2D eigenvalue weighted by Crippen LogP contribution is -2.29. The van der Waals surface area contributed by atoms with Gasteiger partial charge in [-0.2, -0.15) is 0 Å². The Hall–Kier alpha value is -3.40. The molecule has 1 aliphatic carbocycles. The van der Waals surface area contributed by atoms with Gasteiger partial charge in [0.15, 0.2) is 0 Å². The summed E-state index contributed by atoms with van der Waals surface area (Å²) in [4.78, 5) is 11.9. The molecule has 1 aliphatic heterocycles. The van der Waals surface area contributed by atoms with Gasteiger partial charge in [-0.25, -0.2) is 9.37 Å². The van der Waals surface area contributed by atoms with E-state index in [-0.39, 0.29) is 13.0 Å². The summed E-state index contributed by atoms with van der Waals surface area (Å²) in [5.74, 6) is -0.183. The first-order chi connectivity index (χ1) is 14.0. The Kier molecular flexibility index (Phi) is 6.06. The molecule has 4 rings (SSSR count). The molecular formula is C26H27NO3. The third-order valence-electron chi connectivity index (χ3n) is 5.42. The SMILES string of the molecule is CC[N+](CC)=c1ccc2c(-c3ccccc3C(=O)O)c3ccc(C)cc3oc-2c1.[CH3-]. The number of aryl methyl sites for hydroxylation is 1. The van der Waals surface area contributed by atoms with Gasteiger partial charge in [0.1, 0.15) is 24.4 Å². The molecule has 1 N–H and O–H groups in total. The van der Waals surface area contributed by atoms with Crippen LogP contribution in [0.15, 0.2) is 65.1 Å². The van der Waals surface area contributed by atoms with Gasteiger partial charge >= 0.3 is 5.97 Å². The van der Waals surface area contributed by atoms with E-state index in [1.54, 1.807) is 12.1 Å². The van der Waals surface area contributed by atoms with Gasteiger partial charge in [0.2, 0.25) is 5.36 Å². The van der Waals surface area contributed by atoms with E-state index in [1.165, 1.54) is 0 Å². The second-order valence-corrected chi connectivity index (χ2v) is 7.18. The number of aromatic carboxylic acids is 1. The molecular weight excluding hydrogens is 374 g/mol. The number of carbonyl (C=O) groups is 1. The minimum Gasteiger partial charge on any atom is -0.478 e. The van der Waals surface area contributed by atoms with Gasteiger partial charge in [-0.1, -0.05) is 30.3 Å². The average Bonchev–Trinajstić information content (AvgIpc) is 2.72. The van der Waals surface area contributed by atoms with Crippen LogP contribution in [0, 0.1) is 14.4 Å². The predicted octanol–water partition coefficient (Wildman–Crippen LogP) is 5.47. The van der Waals surface area contributed by atoms with Crippen molar-refractivity contribution < 1.29 is 14.3 Å². The molecule has 0 amide bonds. The van der Waals surface area contributed by atoms with Gasteiger partial charge in [0, 0.05) is 22.6 Å². The van der Waals surface area contributed by atoms with E-state index in [0.717, 1.165) is 51.9 Å². The highest BCUT2D eigenvalue weighted by Gasteiger charge is 2.21. The highest BCUT2D eigenvalue weighted by Crippen LogP contribution is 2.41. The van der Waals surface area contributed by atoms with E-state index in [0.29, 0.717) is 5.56 Å². The monoisotopic (exact) mass is 401 g/mol. The van der Waals surface area contributed by atoms with Gasteiger partial charge in [0.05, 0.1) is 11.6 Å². The normalized spacial score (nSPS) is 10.8. The number of fused-ring (bicyclic) bond motifs is 2. The Labute approximate surface area is 177 Å². The molecule has 1 heterocycles. The van der Waals surface area contributed by atoms with Gasteiger partial charge in [-0.3, -0.25) is 0 Å². The average molecular weight is 402 g/mol. The number of benzene rings is 3. The van der Waals surface area contributed by atoms with Gasteiger partial charge in [0.25, 0.3) is 0 Å². The highest BCUT2D eigenvalue weighted by molar-refractivity contribution is 6.07. The molecule has 0 aromatic heterocycles. The van der Waals surface area contributed by atoms with Crippen LogP contribution in [0.5, 0.6) is 0 Å². The van der Waals surface area contributed by atoms with Crippen LogP contribution in [0.3, 0.4) is 0 Å². The molecule has 0 saturated heterocycles. The maximum Gasteiger partial charge on any atom is 0.336 e. The minimum absolute atomic E-state index is 0. The number of hydrogen-bond donors (Lipinski definition) is 1. The summed E-state index contributed by atoms with van der Waals surface area (Å²) in [6.07, 6.45) is 0. The summed E-state index contributed by atoms with van der Waals surface area (Å²) in [5, 5.41) is 11.8. The molecule has 2 aromatic carbocycles. The summed E-state index contributed by atoms with van der Waals surface area (Å²) in [6, 6.07) is 19.4. The molecule has 0 atom stereocenters. The fourth-order valence-corrected chi connectivity index (χ4v) is 3.95. The second-order valence-electron chi connectivity index (χ2n) is 7.18. The van der Waals surface area contributed by atoms with Gasteiger partial charge in [-0.05, 0) is 50.1 Å². The Balaban J connectivity index is 0.00000256. The van der Waals surface area contributed by atoms with Crippen molar-refractivity contribution in [3.63, 3.8) is 0 Å². The van der Waals surface area contributed by atoms with E-state index in [9.17, 15) is 9.90 Å². The van der Waals surface area contributed by atoms with Crippen LogP contribution < -0.4 is 9.93 Å². The van der Waals surface area contributed by atoms with Crippen LogP contribution in [0.25, 0.3) is 33.4 Å². The zero-order valence-electron chi connectivity index (χ0n) is 17.9. The molecule has 0 spiro atoms. The molecule has 30 heavy (non-hydrogen) atoms. The first-order valence-corrected chi connectivity index (χ1v) is 9.91. The number of hydrogen-bond acceptors (Lipinski definition) is 2. The molecule has 4 heteroatoms. The third-order valence-corrected chi connectivity index (χ3v) is 5.42. The molecule has 0 saturated carbocycles. The van der Waals surface area contributed by atoms with Gasteiger partial charge in [-0.15, -0.1) is 0 Å². The Morgan fingerprint density at radius 2 is 1.70 bits per heavy atom. The summed E-state index contributed by atoms with van der Waals surface area (Å²) < 4.78 is 8.56. The van der Waals surface area contributed by atoms with Crippen LogP contribution in [-0.2, 0) is 0 Å². The standard InChI is InChI=1S/C25H23NO3.CH3/c1-4-26(5-2)17-11-13-21-23(15-17)29-22-14-16(3)10-12-20(22)24(21)18-8-6-7-9-19(18)25(27)28;/h6-15H,4-5H2,1-3H3;1H3/q;-1/p+1. The van der Waals surface area contributed by atoms with Crippen molar-refractivity contribution in [3.8, 4) is 22.5 Å². The maximum atomic E-state index is 11.9. The van der Waals surface area contributed by atoms with Crippen molar-refractivity contribution in [2.45, 2.75) is 20.8 Å². The largest absolute Gasteiger partial charge is 0.478 e. The Morgan fingerprint density at radius 1 is 0.967 bits per heavy atom. The first kappa shape index (κ1) is 21.3. The lowest BCUT2D eigenvalue weighted by Gasteiger charge is -2.17. The molecule has 0 fully saturated rings. The zero-order chi connectivity index (χ0) is 20.5. The van der Waals surface area contributed by atoms with Crippen molar-refractivity contribution in [3.05, 3.63) is 84.6 Å². The fourth-order valence-electron chi connectivity index (χ4n) is 3.95. The molecule has 2 aliphatic rings. The first-order valence-electron chi connectivity index (χ1n) is 9.91. The van der Waals surface area contributed by atoms with Crippen LogP contribution in [-0.4, -0.2) is 24.2 Å². The van der Waals surface area contributed by atoms with Crippen LogP contribution >= 0.6 is 0 Å². The van der Waals surface area contributed by atoms with Crippen LogP contribution in [0.2, 0.25) is 0 Å². The summed E-state index contributed by atoms with van der Waals surface area (Å²) in [7, 11) is 0. The maximum absolute atomic E-state index is 11.9. The van der Waals surface area contributed by atoms with E-state index >= 15 is 0 Å². The van der Waals surface area contributed by atoms with Crippen molar-refractivity contribution in [1.82, 2.24) is 4.58 Å². The predicted molar refractivity (Wildman–Crippen MR) is 123 cm³/mol. The number of carboxylic acid groups (broad SMARTS) is 1. The van der Waals surface area contributed by atoms with E-state index in [1.807, 2.05) is 43.3 Å². The molecule has 154 valence electrons. The lowest BCUT2D eigenvalue weighted by atomic mass is 9.90. The topological polar surface area (TPSA) is 53.5 Å². The Morgan fingerprint density at radius 3 is 2.40 bits per heavy atom. The Bertz CT molecular complexity index is 1260. The number of rotatable bonds is 4. The van der Waals surface area contributed by atoms with Crippen LogP contribution in [0.4, 0.5) is 0 Å². The third kappa shape index (κ3) is 3.61. The molecule has 2 aromatic rings. The van der Waals surface area contributed by atoms with E-state index in [4.69, 9.17) is 4.42 Å². The van der Waals surface area contributed by atoms with E-state index < -0.39 is 5.97 Å². The molecule has 4 nitrogen and oxygen atoms in total. The second kappa shape index (κ2) is 8.54. The van der Waals surface area contributed by atoms with Crippen molar-refractivity contribution in [2.24, 2.45) is 0 Å². The van der Waals surface area contributed by atoms with Crippen LogP contribution in [0.1, 0.15) is 29.8 Å². The van der Waals surface area contributed by atoms with Crippen molar-refractivity contribution in [2.75, 3.05) is 13.1 Å². The summed E-state index contributed by atoms with van der Waals surface area (Å²) in [6.45, 7) is 8.09. The fraction of sp³-hybridized carbons (Fsp3) is 0.192. The quantitative estimate of drug-likeness (QED) is 0.280. The minimum atomic E-state index is -0.936. The summed E-state index contributed by atoms with van der Waals surface area (Å²) >= 11 is 0. The van der Waals surface area contributed by atoms with Gasteiger partial charge < -0.3 is 17.0 Å². The zero-order valence-corrected chi connectivity index (χ0v) is 17.9. The highest BCUT2D eigenvalue weighted by atomic mass is 16.4.